The smallest absolute Gasteiger partial charge is 0.255 e. The molecule has 2 N–H and O–H groups in total. The van der Waals surface area contributed by atoms with E-state index in [4.69, 9.17) is 0 Å². The van der Waals surface area contributed by atoms with Crippen molar-refractivity contribution in [3.8, 4) is 11.1 Å². The molecule has 1 atom stereocenters. The van der Waals surface area contributed by atoms with Crippen molar-refractivity contribution < 1.29 is 18.4 Å². The second-order valence-electron chi connectivity index (χ2n) is 7.46. The number of amides is 2. The van der Waals surface area contributed by atoms with E-state index in [-0.39, 0.29) is 24.2 Å². The van der Waals surface area contributed by atoms with Gasteiger partial charge in [0.15, 0.2) is 0 Å². The first-order valence-corrected chi connectivity index (χ1v) is 9.87. The number of carbonyl (C=O) groups is 2. The lowest BCUT2D eigenvalue weighted by atomic mass is 10.1. The zero-order valence-corrected chi connectivity index (χ0v) is 16.5. The maximum absolute atomic E-state index is 13.4. The van der Waals surface area contributed by atoms with E-state index in [1.165, 1.54) is 18.3 Å². The summed E-state index contributed by atoms with van der Waals surface area (Å²) in [5.74, 6) is -4.35. The summed E-state index contributed by atoms with van der Waals surface area (Å²) in [5, 5.41) is 5.37. The summed E-state index contributed by atoms with van der Waals surface area (Å²) in [5.41, 5.74) is 2.55. The van der Waals surface area contributed by atoms with Gasteiger partial charge in [-0.15, -0.1) is 0 Å². The zero-order chi connectivity index (χ0) is 21.8. The minimum atomic E-state index is -2.81. The monoisotopic (exact) mass is 422 g/mol. The molecule has 158 valence electrons. The van der Waals surface area contributed by atoms with E-state index in [1.807, 2.05) is 30.3 Å². The van der Waals surface area contributed by atoms with Gasteiger partial charge in [0, 0.05) is 42.3 Å². The molecule has 8 heteroatoms. The van der Waals surface area contributed by atoms with Crippen LogP contribution in [0, 0.1) is 5.92 Å². The summed E-state index contributed by atoms with van der Waals surface area (Å²) in [6.07, 6.45) is 3.95. The third-order valence-corrected chi connectivity index (χ3v) is 5.20. The molecule has 2 amide bonds. The maximum Gasteiger partial charge on any atom is 0.255 e. The highest BCUT2D eigenvalue weighted by Gasteiger charge is 2.42. The molecule has 0 radical (unpaired) electrons. The first kappa shape index (κ1) is 20.6. The number of anilines is 2. The molecule has 0 bridgehead atoms. The molecule has 1 aliphatic rings. The molecule has 1 fully saturated rings. The van der Waals surface area contributed by atoms with Crippen LogP contribution in [0.5, 0.6) is 0 Å². The number of benzene rings is 1. The van der Waals surface area contributed by atoms with Gasteiger partial charge in [-0.2, -0.15) is 0 Å². The molecule has 0 aliphatic heterocycles. The molecule has 1 unspecified atom stereocenters. The Morgan fingerprint density at radius 1 is 1.03 bits per heavy atom. The highest BCUT2D eigenvalue weighted by atomic mass is 19.3. The second-order valence-corrected chi connectivity index (χ2v) is 7.46. The molecule has 31 heavy (non-hydrogen) atoms. The van der Waals surface area contributed by atoms with Crippen molar-refractivity contribution in [2.75, 3.05) is 10.6 Å². The van der Waals surface area contributed by atoms with Gasteiger partial charge in [-0.25, -0.2) is 13.8 Å². The van der Waals surface area contributed by atoms with Crippen LogP contribution in [0.3, 0.4) is 0 Å². The second kappa shape index (κ2) is 8.59. The topological polar surface area (TPSA) is 84.0 Å². The van der Waals surface area contributed by atoms with Crippen LogP contribution in [0.2, 0.25) is 0 Å². The van der Waals surface area contributed by atoms with E-state index < -0.39 is 30.1 Å². The van der Waals surface area contributed by atoms with Crippen LogP contribution in [0.15, 0.2) is 67.1 Å². The van der Waals surface area contributed by atoms with E-state index in [0.717, 1.165) is 11.1 Å². The quantitative estimate of drug-likeness (QED) is 0.620. The van der Waals surface area contributed by atoms with Gasteiger partial charge in [0.1, 0.15) is 5.82 Å². The standard InChI is InChI=1S/C23H20F2N4O2/c24-23(25)9-6-17(13-23)22(31)29-20-12-16(7-11-27-20)21(30)28-19-14-26-10-8-18(19)15-4-2-1-3-5-15/h1-5,7-8,10-12,14,17H,6,9,13H2,(H,28,30)(H,27,29,31). The van der Waals surface area contributed by atoms with E-state index >= 15 is 0 Å². The number of alkyl halides is 2. The molecule has 2 aromatic heterocycles. The van der Waals surface area contributed by atoms with Gasteiger partial charge in [0.05, 0.1) is 11.9 Å². The minimum absolute atomic E-state index is 0.127. The van der Waals surface area contributed by atoms with Crippen molar-refractivity contribution in [3.63, 3.8) is 0 Å². The molecule has 1 aromatic carbocycles. The van der Waals surface area contributed by atoms with Crippen molar-refractivity contribution in [1.29, 1.82) is 0 Å². The third-order valence-electron chi connectivity index (χ3n) is 5.20. The fraction of sp³-hybridized carbons (Fsp3) is 0.217. The predicted octanol–water partition coefficient (Wildman–Crippen LogP) is 4.77. The van der Waals surface area contributed by atoms with Crippen molar-refractivity contribution in [2.24, 2.45) is 5.92 Å². The molecule has 4 rings (SSSR count). The highest BCUT2D eigenvalue weighted by molar-refractivity contribution is 6.06. The van der Waals surface area contributed by atoms with Crippen molar-refractivity contribution in [3.05, 3.63) is 72.7 Å². The fourth-order valence-corrected chi connectivity index (χ4v) is 3.60. The Labute approximate surface area is 177 Å². The number of aromatic nitrogens is 2. The van der Waals surface area contributed by atoms with Crippen LogP contribution < -0.4 is 10.6 Å². The van der Waals surface area contributed by atoms with Gasteiger partial charge in [-0.05, 0) is 30.2 Å². The van der Waals surface area contributed by atoms with Crippen LogP contribution >= 0.6 is 0 Å². The van der Waals surface area contributed by atoms with E-state index in [1.54, 1.807) is 18.5 Å². The Bertz CT molecular complexity index is 1110. The first-order valence-electron chi connectivity index (χ1n) is 9.87. The van der Waals surface area contributed by atoms with Gasteiger partial charge in [-0.3, -0.25) is 14.6 Å². The first-order chi connectivity index (χ1) is 14.9. The van der Waals surface area contributed by atoms with Gasteiger partial charge in [-0.1, -0.05) is 30.3 Å². The Morgan fingerprint density at radius 3 is 2.58 bits per heavy atom. The number of nitrogens with zero attached hydrogens (tertiary/aromatic N) is 2. The number of rotatable bonds is 5. The third kappa shape index (κ3) is 4.91. The van der Waals surface area contributed by atoms with Crippen LogP contribution in [-0.4, -0.2) is 27.7 Å². The maximum atomic E-state index is 13.4. The summed E-state index contributed by atoms with van der Waals surface area (Å²) in [7, 11) is 0. The van der Waals surface area contributed by atoms with Crippen LogP contribution in [-0.2, 0) is 4.79 Å². The lowest BCUT2D eigenvalue weighted by Gasteiger charge is -2.13. The average Bonchev–Trinajstić information content (AvgIpc) is 3.15. The van der Waals surface area contributed by atoms with Gasteiger partial charge in [0.2, 0.25) is 11.8 Å². The summed E-state index contributed by atoms with van der Waals surface area (Å²) >= 11 is 0. The molecule has 2 heterocycles. The summed E-state index contributed by atoms with van der Waals surface area (Å²) in [6.45, 7) is 0. The molecule has 6 nitrogen and oxygen atoms in total. The van der Waals surface area contributed by atoms with Crippen LogP contribution in [0.4, 0.5) is 20.3 Å². The largest absolute Gasteiger partial charge is 0.320 e. The number of pyridine rings is 2. The Balaban J connectivity index is 1.48. The van der Waals surface area contributed by atoms with Gasteiger partial charge >= 0.3 is 0 Å². The summed E-state index contributed by atoms with van der Waals surface area (Å²) in [6, 6.07) is 14.3. The van der Waals surface area contributed by atoms with Crippen molar-refractivity contribution >= 4 is 23.3 Å². The van der Waals surface area contributed by atoms with E-state index in [9.17, 15) is 18.4 Å². The molecule has 0 saturated heterocycles. The zero-order valence-electron chi connectivity index (χ0n) is 16.5. The SMILES string of the molecule is O=C(Nc1cnccc1-c1ccccc1)c1ccnc(NC(=O)C2CCC(F)(F)C2)c1. The Morgan fingerprint density at radius 2 is 1.84 bits per heavy atom. The van der Waals surface area contributed by atoms with E-state index in [2.05, 4.69) is 20.6 Å². The Kier molecular flexibility index (Phi) is 5.70. The van der Waals surface area contributed by atoms with Gasteiger partial charge in [0.25, 0.3) is 5.91 Å². The number of nitrogens with one attached hydrogen (secondary N) is 2. The molecule has 3 aromatic rings. The van der Waals surface area contributed by atoms with Crippen LogP contribution in [0.1, 0.15) is 29.6 Å². The molecular weight excluding hydrogens is 402 g/mol. The van der Waals surface area contributed by atoms with Crippen molar-refractivity contribution in [1.82, 2.24) is 9.97 Å². The lowest BCUT2D eigenvalue weighted by Crippen LogP contribution is -2.23. The average molecular weight is 422 g/mol. The minimum Gasteiger partial charge on any atom is -0.320 e. The molecule has 0 spiro atoms. The highest BCUT2D eigenvalue weighted by Crippen LogP contribution is 2.39. The molecule has 1 saturated carbocycles. The Hall–Kier alpha value is -3.68. The normalized spacial score (nSPS) is 17.2. The van der Waals surface area contributed by atoms with Crippen LogP contribution in [0.25, 0.3) is 11.1 Å². The fourth-order valence-electron chi connectivity index (χ4n) is 3.60. The number of hydrogen-bond donors (Lipinski definition) is 2. The summed E-state index contributed by atoms with van der Waals surface area (Å²) < 4.78 is 26.7. The molecular formula is C23H20F2N4O2. The molecule has 1 aliphatic carbocycles. The number of hydrogen-bond acceptors (Lipinski definition) is 4. The lowest BCUT2D eigenvalue weighted by molar-refractivity contribution is -0.120. The summed E-state index contributed by atoms with van der Waals surface area (Å²) in [4.78, 5) is 33.2. The predicted molar refractivity (Wildman–Crippen MR) is 113 cm³/mol. The van der Waals surface area contributed by atoms with Crippen molar-refractivity contribution in [2.45, 2.75) is 25.2 Å². The number of carbonyl (C=O) groups excluding carboxylic acids is 2. The van der Waals surface area contributed by atoms with E-state index in [0.29, 0.717) is 5.69 Å². The van der Waals surface area contributed by atoms with Gasteiger partial charge < -0.3 is 10.6 Å². The number of halogens is 2.